The van der Waals surface area contributed by atoms with E-state index in [4.69, 9.17) is 5.73 Å². The zero-order chi connectivity index (χ0) is 14.4. The van der Waals surface area contributed by atoms with E-state index >= 15 is 0 Å². The number of piperidine rings is 1. The molecule has 19 heavy (non-hydrogen) atoms. The molecule has 1 fully saturated rings. The van der Waals surface area contributed by atoms with E-state index in [-0.39, 0.29) is 5.91 Å². The van der Waals surface area contributed by atoms with Crippen molar-refractivity contribution in [3.8, 4) is 0 Å². The Morgan fingerprint density at radius 3 is 2.16 bits per heavy atom. The summed E-state index contributed by atoms with van der Waals surface area (Å²) >= 11 is 0. The van der Waals surface area contributed by atoms with Crippen molar-refractivity contribution in [2.45, 2.75) is 45.2 Å². The maximum Gasteiger partial charge on any atom is 0.318 e. The Balaban J connectivity index is 2.44. The van der Waals surface area contributed by atoms with Crippen LogP contribution in [0.25, 0.3) is 0 Å². The minimum Gasteiger partial charge on any atom is -0.351 e. The third-order valence-corrected chi connectivity index (χ3v) is 3.18. The molecule has 4 N–H and O–H groups in total. The fraction of sp³-hybridized carbons (Fsp3) is 0.750. The number of amides is 4. The van der Waals surface area contributed by atoms with Crippen LogP contribution in [0.15, 0.2) is 0 Å². The Hall–Kier alpha value is -1.63. The van der Waals surface area contributed by atoms with Crippen molar-refractivity contribution in [1.82, 2.24) is 15.5 Å². The molecule has 0 radical (unpaired) electrons. The van der Waals surface area contributed by atoms with E-state index in [1.165, 1.54) is 0 Å². The molecule has 0 spiro atoms. The van der Waals surface area contributed by atoms with Crippen LogP contribution in [-0.2, 0) is 9.59 Å². The van der Waals surface area contributed by atoms with Gasteiger partial charge < -0.3 is 10.6 Å². The zero-order valence-electron chi connectivity index (χ0n) is 11.4. The van der Waals surface area contributed by atoms with E-state index in [0.717, 1.165) is 32.4 Å². The summed E-state index contributed by atoms with van der Waals surface area (Å²) in [5.41, 5.74) is 4.86. The second-order valence-electron chi connectivity index (χ2n) is 4.85. The highest BCUT2D eigenvalue weighted by molar-refractivity contribution is 5.96. The maximum absolute atomic E-state index is 12.1. The molecular formula is C12H22N4O3. The topological polar surface area (TPSA) is 105 Å². The monoisotopic (exact) mass is 270 g/mol. The fourth-order valence-corrected chi connectivity index (χ4v) is 2.14. The van der Waals surface area contributed by atoms with Gasteiger partial charge in [-0.15, -0.1) is 0 Å². The zero-order valence-corrected chi connectivity index (χ0v) is 11.4. The molecular weight excluding hydrogens is 248 g/mol. The SMILES string of the molecule is CC(NC(C)C(=O)N1CCCCC1)C(=O)NC(N)=O. The number of imide groups is 1. The number of nitrogens with two attached hydrogens (primary N) is 1. The van der Waals surface area contributed by atoms with Crippen LogP contribution in [0.5, 0.6) is 0 Å². The lowest BCUT2D eigenvalue weighted by atomic mass is 10.1. The third kappa shape index (κ3) is 4.86. The molecule has 108 valence electrons. The molecule has 2 atom stereocenters. The molecule has 0 aromatic carbocycles. The number of likely N-dealkylation sites (tertiary alicyclic amines) is 1. The van der Waals surface area contributed by atoms with Gasteiger partial charge in [0.05, 0.1) is 12.1 Å². The van der Waals surface area contributed by atoms with Crippen LogP contribution in [0.2, 0.25) is 0 Å². The van der Waals surface area contributed by atoms with Crippen molar-refractivity contribution in [1.29, 1.82) is 0 Å². The average Bonchev–Trinajstić information content (AvgIpc) is 2.37. The van der Waals surface area contributed by atoms with Crippen LogP contribution in [0.1, 0.15) is 33.1 Å². The second-order valence-corrected chi connectivity index (χ2v) is 4.85. The second kappa shape index (κ2) is 7.08. The van der Waals surface area contributed by atoms with Gasteiger partial charge in [-0.25, -0.2) is 4.79 Å². The Morgan fingerprint density at radius 2 is 1.63 bits per heavy atom. The lowest BCUT2D eigenvalue weighted by Crippen LogP contribution is -2.54. The first-order valence-electron chi connectivity index (χ1n) is 6.57. The number of hydrogen-bond acceptors (Lipinski definition) is 4. The number of carbonyl (C=O) groups excluding carboxylic acids is 3. The van der Waals surface area contributed by atoms with E-state index < -0.39 is 24.0 Å². The summed E-state index contributed by atoms with van der Waals surface area (Å²) in [6.45, 7) is 4.84. The number of nitrogens with one attached hydrogen (secondary N) is 2. The summed E-state index contributed by atoms with van der Waals surface area (Å²) in [4.78, 5) is 36.0. The summed E-state index contributed by atoms with van der Waals surface area (Å²) in [6, 6.07) is -2.02. The molecule has 0 aliphatic carbocycles. The first-order chi connectivity index (χ1) is 8.91. The minimum absolute atomic E-state index is 0.0153. The van der Waals surface area contributed by atoms with Crippen molar-refractivity contribution in [3.05, 3.63) is 0 Å². The Bertz CT molecular complexity index is 353. The van der Waals surface area contributed by atoms with Gasteiger partial charge in [0.1, 0.15) is 0 Å². The van der Waals surface area contributed by atoms with E-state index in [1.54, 1.807) is 18.7 Å². The van der Waals surface area contributed by atoms with Crippen LogP contribution >= 0.6 is 0 Å². The molecule has 1 aliphatic heterocycles. The first-order valence-corrected chi connectivity index (χ1v) is 6.57. The molecule has 1 saturated heterocycles. The van der Waals surface area contributed by atoms with Gasteiger partial charge in [0.25, 0.3) is 0 Å². The number of primary amides is 1. The highest BCUT2D eigenvalue weighted by atomic mass is 16.2. The van der Waals surface area contributed by atoms with E-state index in [9.17, 15) is 14.4 Å². The van der Waals surface area contributed by atoms with Crippen LogP contribution in [0.4, 0.5) is 4.79 Å². The van der Waals surface area contributed by atoms with Crippen molar-refractivity contribution >= 4 is 17.8 Å². The van der Waals surface area contributed by atoms with E-state index in [1.807, 2.05) is 5.32 Å². The fourth-order valence-electron chi connectivity index (χ4n) is 2.14. The largest absolute Gasteiger partial charge is 0.351 e. The molecule has 4 amide bonds. The van der Waals surface area contributed by atoms with Crippen molar-refractivity contribution < 1.29 is 14.4 Å². The lowest BCUT2D eigenvalue weighted by Gasteiger charge is -2.30. The van der Waals surface area contributed by atoms with Crippen LogP contribution in [-0.4, -0.2) is 47.9 Å². The van der Waals surface area contributed by atoms with Gasteiger partial charge in [0.15, 0.2) is 0 Å². The van der Waals surface area contributed by atoms with Gasteiger partial charge in [-0.05, 0) is 33.1 Å². The number of hydrogen-bond donors (Lipinski definition) is 3. The van der Waals surface area contributed by atoms with Gasteiger partial charge in [-0.1, -0.05) is 0 Å². The quantitative estimate of drug-likeness (QED) is 0.644. The van der Waals surface area contributed by atoms with Gasteiger partial charge >= 0.3 is 6.03 Å². The van der Waals surface area contributed by atoms with E-state index in [2.05, 4.69) is 5.32 Å². The Labute approximate surface area is 112 Å². The molecule has 0 bridgehead atoms. The summed E-state index contributed by atoms with van der Waals surface area (Å²) in [5.74, 6) is -0.552. The Morgan fingerprint density at radius 1 is 1.05 bits per heavy atom. The van der Waals surface area contributed by atoms with Crippen molar-refractivity contribution in [2.75, 3.05) is 13.1 Å². The summed E-state index contributed by atoms with van der Waals surface area (Å²) in [5, 5.41) is 4.85. The minimum atomic E-state index is -0.895. The molecule has 2 unspecified atom stereocenters. The molecule has 1 rings (SSSR count). The van der Waals surface area contributed by atoms with Crippen LogP contribution < -0.4 is 16.4 Å². The van der Waals surface area contributed by atoms with Crippen LogP contribution in [0.3, 0.4) is 0 Å². The van der Waals surface area contributed by atoms with Crippen molar-refractivity contribution in [2.24, 2.45) is 5.73 Å². The normalized spacial score (nSPS) is 18.5. The molecule has 0 saturated carbocycles. The van der Waals surface area contributed by atoms with Gasteiger partial charge in [0, 0.05) is 13.1 Å². The number of rotatable bonds is 4. The third-order valence-electron chi connectivity index (χ3n) is 3.18. The first kappa shape index (κ1) is 15.4. The number of urea groups is 1. The summed E-state index contributed by atoms with van der Waals surface area (Å²) in [6.07, 6.45) is 3.20. The smallest absolute Gasteiger partial charge is 0.318 e. The van der Waals surface area contributed by atoms with E-state index in [0.29, 0.717) is 0 Å². The summed E-state index contributed by atoms with van der Waals surface area (Å²) in [7, 11) is 0. The van der Waals surface area contributed by atoms with Gasteiger partial charge in [0.2, 0.25) is 11.8 Å². The molecule has 1 aliphatic rings. The molecule has 0 aromatic rings. The number of carbonyl (C=O) groups is 3. The van der Waals surface area contributed by atoms with Crippen LogP contribution in [0, 0.1) is 0 Å². The lowest BCUT2D eigenvalue weighted by molar-refractivity contribution is -0.134. The standard InChI is InChI=1S/C12H22N4O3/c1-8(10(17)15-12(13)19)14-9(2)11(18)16-6-4-3-5-7-16/h8-9,14H,3-7H2,1-2H3,(H3,13,15,17,19). The molecule has 0 aromatic heterocycles. The molecule has 7 nitrogen and oxygen atoms in total. The predicted molar refractivity (Wildman–Crippen MR) is 70.2 cm³/mol. The molecule has 1 heterocycles. The summed E-state index contributed by atoms with van der Waals surface area (Å²) < 4.78 is 0. The maximum atomic E-state index is 12.1. The van der Waals surface area contributed by atoms with Gasteiger partial charge in [-0.2, -0.15) is 0 Å². The highest BCUT2D eigenvalue weighted by Crippen LogP contribution is 2.10. The highest BCUT2D eigenvalue weighted by Gasteiger charge is 2.25. The molecule has 7 heteroatoms. The average molecular weight is 270 g/mol. The Kier molecular flexibility index (Phi) is 5.75. The number of nitrogens with zero attached hydrogens (tertiary/aromatic N) is 1. The van der Waals surface area contributed by atoms with Gasteiger partial charge in [-0.3, -0.25) is 20.2 Å². The van der Waals surface area contributed by atoms with Crippen molar-refractivity contribution in [3.63, 3.8) is 0 Å². The predicted octanol–water partition coefficient (Wildman–Crippen LogP) is -0.440.